The fourth-order valence-electron chi connectivity index (χ4n) is 2.15. The molecule has 0 aliphatic rings. The number of aromatic nitrogens is 1. The lowest BCUT2D eigenvalue weighted by Gasteiger charge is -2.01. The summed E-state index contributed by atoms with van der Waals surface area (Å²) in [4.78, 5) is 13.5. The fraction of sp³-hybridized carbons (Fsp3) is 0.125. The Bertz CT molecular complexity index is 955. The van der Waals surface area contributed by atoms with Crippen LogP contribution in [0.3, 0.4) is 0 Å². The highest BCUT2D eigenvalue weighted by atomic mass is 32.2. The average Bonchev–Trinajstić information content (AvgIpc) is 2.89. The van der Waals surface area contributed by atoms with Gasteiger partial charge in [0.15, 0.2) is 0 Å². The third-order valence-corrected chi connectivity index (χ3v) is 5.47. The molecule has 0 saturated heterocycles. The molecule has 0 saturated carbocycles. The summed E-state index contributed by atoms with van der Waals surface area (Å²) in [7, 11) is 0.859. The normalized spacial score (nSPS) is 13.2. The van der Waals surface area contributed by atoms with Crippen molar-refractivity contribution in [2.45, 2.75) is 4.90 Å². The van der Waals surface area contributed by atoms with Crippen molar-refractivity contribution in [3.8, 4) is 0 Å². The zero-order valence-corrected chi connectivity index (χ0v) is 14.3. The van der Waals surface area contributed by atoms with E-state index in [9.17, 15) is 9.00 Å². The van der Waals surface area contributed by atoms with Gasteiger partial charge in [-0.2, -0.15) is 0 Å². The lowest BCUT2D eigenvalue weighted by Crippen LogP contribution is -2.23. The molecule has 0 radical (unpaired) electrons. The summed E-state index contributed by atoms with van der Waals surface area (Å²) in [5.41, 5.74) is 4.11. The van der Waals surface area contributed by atoms with Crippen LogP contribution in [0.4, 0.5) is 0 Å². The number of carbonyl (C=O) groups is 1. The molecule has 1 N–H and O–H groups in total. The standard InChI is InChI=1S/C16H15N3O2S2/c1-19-13-5-3-4-6-14(13)22-16(19)18-17-15(20)11-7-9-12(10-8-11)23(2)21/h3-10H,1-2H3,(H,17,20). The van der Waals surface area contributed by atoms with Crippen molar-refractivity contribution in [1.29, 1.82) is 0 Å². The molecular weight excluding hydrogens is 330 g/mol. The second-order valence-electron chi connectivity index (χ2n) is 4.94. The second kappa shape index (κ2) is 6.47. The minimum atomic E-state index is -1.05. The van der Waals surface area contributed by atoms with Crippen molar-refractivity contribution in [2.75, 3.05) is 6.26 Å². The Morgan fingerprint density at radius 3 is 2.52 bits per heavy atom. The van der Waals surface area contributed by atoms with Crippen molar-refractivity contribution < 1.29 is 9.00 Å². The van der Waals surface area contributed by atoms with Crippen LogP contribution in [0, 0.1) is 0 Å². The van der Waals surface area contributed by atoms with Crippen LogP contribution >= 0.6 is 11.3 Å². The molecule has 1 atom stereocenters. The van der Waals surface area contributed by atoms with Gasteiger partial charge in [0.2, 0.25) is 4.80 Å². The number of thiazole rings is 1. The molecule has 3 rings (SSSR count). The van der Waals surface area contributed by atoms with Gasteiger partial charge in [-0.15, -0.1) is 5.10 Å². The van der Waals surface area contributed by atoms with Gasteiger partial charge in [-0.3, -0.25) is 9.00 Å². The first kappa shape index (κ1) is 15.6. The van der Waals surface area contributed by atoms with E-state index in [0.717, 1.165) is 10.2 Å². The third-order valence-electron chi connectivity index (χ3n) is 3.42. The molecule has 23 heavy (non-hydrogen) atoms. The van der Waals surface area contributed by atoms with Crippen LogP contribution < -0.4 is 10.2 Å². The van der Waals surface area contributed by atoms with Crippen molar-refractivity contribution in [3.05, 3.63) is 58.9 Å². The maximum Gasteiger partial charge on any atom is 0.271 e. The SMILES string of the molecule is Cn1c(=NNC(=O)c2ccc(S(C)=O)cc2)sc2ccccc21. The Morgan fingerprint density at radius 1 is 1.17 bits per heavy atom. The summed E-state index contributed by atoms with van der Waals surface area (Å²) in [5.74, 6) is -0.295. The molecule has 2 aromatic carbocycles. The Balaban J connectivity index is 1.84. The molecule has 0 spiro atoms. The monoisotopic (exact) mass is 345 g/mol. The molecule has 5 nitrogen and oxygen atoms in total. The number of nitrogens with zero attached hydrogens (tertiary/aromatic N) is 2. The van der Waals surface area contributed by atoms with Gasteiger partial charge in [0.1, 0.15) is 0 Å². The van der Waals surface area contributed by atoms with Gasteiger partial charge in [0.25, 0.3) is 5.91 Å². The Kier molecular flexibility index (Phi) is 4.40. The van der Waals surface area contributed by atoms with Crippen LogP contribution in [-0.4, -0.2) is 20.9 Å². The van der Waals surface area contributed by atoms with E-state index in [0.29, 0.717) is 15.3 Å². The highest BCUT2D eigenvalue weighted by Crippen LogP contribution is 2.15. The van der Waals surface area contributed by atoms with E-state index in [4.69, 9.17) is 0 Å². The minimum absolute atomic E-state index is 0.295. The van der Waals surface area contributed by atoms with Gasteiger partial charge in [0, 0.05) is 34.6 Å². The number of hydrogen-bond acceptors (Lipinski definition) is 4. The van der Waals surface area contributed by atoms with E-state index in [1.807, 2.05) is 35.9 Å². The predicted molar refractivity (Wildman–Crippen MR) is 92.6 cm³/mol. The van der Waals surface area contributed by atoms with Gasteiger partial charge in [-0.1, -0.05) is 23.5 Å². The molecule has 0 bridgehead atoms. The lowest BCUT2D eigenvalue weighted by molar-refractivity contribution is 0.0953. The molecule has 7 heteroatoms. The van der Waals surface area contributed by atoms with Gasteiger partial charge in [0.05, 0.1) is 10.2 Å². The van der Waals surface area contributed by atoms with Crippen LogP contribution in [0.5, 0.6) is 0 Å². The number of carbonyl (C=O) groups excluding carboxylic acids is 1. The number of aryl methyl sites for hydroxylation is 1. The first-order valence-electron chi connectivity index (χ1n) is 6.88. The van der Waals surface area contributed by atoms with E-state index < -0.39 is 10.8 Å². The Morgan fingerprint density at radius 2 is 1.87 bits per heavy atom. The van der Waals surface area contributed by atoms with Crippen LogP contribution in [0.1, 0.15) is 10.4 Å². The molecule has 0 fully saturated rings. The van der Waals surface area contributed by atoms with Gasteiger partial charge in [-0.25, -0.2) is 5.43 Å². The molecule has 1 heterocycles. The second-order valence-corrected chi connectivity index (χ2v) is 7.33. The maximum absolute atomic E-state index is 12.1. The highest BCUT2D eigenvalue weighted by Gasteiger charge is 2.06. The number of benzene rings is 2. The number of amides is 1. The Labute approximate surface area is 139 Å². The summed E-state index contributed by atoms with van der Waals surface area (Å²) >= 11 is 1.51. The van der Waals surface area contributed by atoms with Crippen LogP contribution in [0.2, 0.25) is 0 Å². The average molecular weight is 345 g/mol. The molecule has 0 aliphatic carbocycles. The van der Waals surface area contributed by atoms with Crippen molar-refractivity contribution in [1.82, 2.24) is 9.99 Å². The molecule has 1 aromatic heterocycles. The first-order chi connectivity index (χ1) is 11.1. The number of rotatable bonds is 3. The lowest BCUT2D eigenvalue weighted by atomic mass is 10.2. The third kappa shape index (κ3) is 3.25. The zero-order chi connectivity index (χ0) is 16.4. The summed E-state index contributed by atoms with van der Waals surface area (Å²) in [6.07, 6.45) is 1.60. The Hall–Kier alpha value is -2.25. The summed E-state index contributed by atoms with van der Waals surface area (Å²) in [6, 6.07) is 14.6. The fourth-order valence-corrected chi connectivity index (χ4v) is 3.65. The summed E-state index contributed by atoms with van der Waals surface area (Å²) in [5, 5.41) is 4.20. The molecule has 118 valence electrons. The highest BCUT2D eigenvalue weighted by molar-refractivity contribution is 7.84. The largest absolute Gasteiger partial charge is 0.318 e. The summed E-state index contributed by atoms with van der Waals surface area (Å²) < 4.78 is 14.4. The van der Waals surface area contributed by atoms with Crippen molar-refractivity contribution >= 4 is 38.3 Å². The number of nitrogens with one attached hydrogen (secondary N) is 1. The van der Waals surface area contributed by atoms with E-state index in [-0.39, 0.29) is 5.91 Å². The zero-order valence-electron chi connectivity index (χ0n) is 12.6. The van der Waals surface area contributed by atoms with Crippen LogP contribution in [0.15, 0.2) is 58.5 Å². The van der Waals surface area contributed by atoms with E-state index in [1.54, 1.807) is 30.5 Å². The summed E-state index contributed by atoms with van der Waals surface area (Å²) in [6.45, 7) is 0. The number of hydrogen-bond donors (Lipinski definition) is 1. The van der Waals surface area contributed by atoms with E-state index in [1.165, 1.54) is 11.3 Å². The topological polar surface area (TPSA) is 63.5 Å². The van der Waals surface area contributed by atoms with E-state index in [2.05, 4.69) is 10.5 Å². The molecular formula is C16H15N3O2S2. The maximum atomic E-state index is 12.1. The molecule has 1 unspecified atom stereocenters. The minimum Gasteiger partial charge on any atom is -0.318 e. The van der Waals surface area contributed by atoms with Gasteiger partial charge < -0.3 is 4.57 Å². The van der Waals surface area contributed by atoms with Gasteiger partial charge in [-0.05, 0) is 36.4 Å². The van der Waals surface area contributed by atoms with Crippen LogP contribution in [0.25, 0.3) is 10.2 Å². The number of fused-ring (bicyclic) bond motifs is 1. The predicted octanol–water partition coefficient (Wildman–Crippen LogP) is 2.22. The van der Waals surface area contributed by atoms with Crippen LogP contribution in [-0.2, 0) is 17.8 Å². The molecule has 3 aromatic rings. The van der Waals surface area contributed by atoms with Gasteiger partial charge >= 0.3 is 0 Å². The molecule has 1 amide bonds. The quantitative estimate of drug-likeness (QED) is 0.740. The van der Waals surface area contributed by atoms with Crippen molar-refractivity contribution in [2.24, 2.45) is 12.1 Å². The van der Waals surface area contributed by atoms with E-state index >= 15 is 0 Å². The smallest absolute Gasteiger partial charge is 0.271 e. The number of para-hydroxylation sites is 1. The molecule has 0 aliphatic heterocycles. The van der Waals surface area contributed by atoms with Crippen molar-refractivity contribution in [3.63, 3.8) is 0 Å². The first-order valence-corrected chi connectivity index (χ1v) is 9.26.